The van der Waals surface area contributed by atoms with E-state index in [-0.39, 0.29) is 24.5 Å². The van der Waals surface area contributed by atoms with Crippen molar-refractivity contribution in [3.05, 3.63) is 35.6 Å². The molecule has 0 N–H and O–H groups in total. The van der Waals surface area contributed by atoms with Crippen LogP contribution in [0.2, 0.25) is 0 Å². The number of carbonyl (C=O) groups is 1. The van der Waals surface area contributed by atoms with Crippen molar-refractivity contribution in [1.82, 2.24) is 0 Å². The maximum atomic E-state index is 13.0. The van der Waals surface area contributed by atoms with Crippen molar-refractivity contribution < 1.29 is 18.7 Å². The standard InChI is InChI=1S/C16H21FO3/c1-12(2)19-10-11-20-15(18)16(8-3-9-16)13-4-6-14(17)7-5-13/h4-7,12H,3,8-11H2,1-2H3. The van der Waals surface area contributed by atoms with Gasteiger partial charge in [-0.15, -0.1) is 0 Å². The molecule has 0 aliphatic heterocycles. The van der Waals surface area contributed by atoms with Gasteiger partial charge in [0, 0.05) is 0 Å². The summed E-state index contributed by atoms with van der Waals surface area (Å²) in [6, 6.07) is 6.15. The predicted octanol–water partition coefficient (Wildman–Crippen LogP) is 3.22. The molecular weight excluding hydrogens is 259 g/mol. The Hall–Kier alpha value is -1.42. The van der Waals surface area contributed by atoms with Crippen LogP contribution >= 0.6 is 0 Å². The van der Waals surface area contributed by atoms with Crippen LogP contribution in [0.25, 0.3) is 0 Å². The van der Waals surface area contributed by atoms with Crippen molar-refractivity contribution in [2.75, 3.05) is 13.2 Å². The van der Waals surface area contributed by atoms with E-state index in [1.165, 1.54) is 12.1 Å². The van der Waals surface area contributed by atoms with E-state index in [0.717, 1.165) is 24.8 Å². The Morgan fingerprint density at radius 2 is 1.90 bits per heavy atom. The van der Waals surface area contributed by atoms with E-state index in [1.54, 1.807) is 12.1 Å². The molecule has 1 aliphatic carbocycles. The first-order valence-corrected chi connectivity index (χ1v) is 7.09. The van der Waals surface area contributed by atoms with Crippen LogP contribution in [0, 0.1) is 5.82 Å². The zero-order chi connectivity index (χ0) is 14.6. The van der Waals surface area contributed by atoms with Crippen LogP contribution in [0.15, 0.2) is 24.3 Å². The SMILES string of the molecule is CC(C)OCCOC(=O)C1(c2ccc(F)cc2)CCC1. The highest BCUT2D eigenvalue weighted by Crippen LogP contribution is 2.44. The molecule has 1 saturated carbocycles. The van der Waals surface area contributed by atoms with Crippen LogP contribution in [0.3, 0.4) is 0 Å². The molecule has 0 unspecified atom stereocenters. The number of hydrogen-bond donors (Lipinski definition) is 0. The van der Waals surface area contributed by atoms with Crippen molar-refractivity contribution in [3.8, 4) is 0 Å². The normalized spacial score (nSPS) is 16.8. The van der Waals surface area contributed by atoms with Gasteiger partial charge in [-0.1, -0.05) is 18.6 Å². The van der Waals surface area contributed by atoms with Gasteiger partial charge >= 0.3 is 5.97 Å². The molecule has 1 aliphatic rings. The molecule has 1 fully saturated rings. The lowest BCUT2D eigenvalue weighted by Gasteiger charge is -2.39. The summed E-state index contributed by atoms with van der Waals surface area (Å²) in [4.78, 5) is 12.3. The molecule has 1 aromatic rings. The highest BCUT2D eigenvalue weighted by atomic mass is 19.1. The van der Waals surface area contributed by atoms with E-state index in [2.05, 4.69) is 0 Å². The van der Waals surface area contributed by atoms with Crippen LogP contribution < -0.4 is 0 Å². The lowest BCUT2D eigenvalue weighted by Crippen LogP contribution is -2.44. The van der Waals surface area contributed by atoms with E-state index in [4.69, 9.17) is 9.47 Å². The molecule has 110 valence electrons. The van der Waals surface area contributed by atoms with Crippen LogP contribution in [0.4, 0.5) is 4.39 Å². The number of ether oxygens (including phenoxy) is 2. The van der Waals surface area contributed by atoms with Crippen LogP contribution in [-0.4, -0.2) is 25.3 Å². The third-order valence-corrected chi connectivity index (χ3v) is 3.76. The largest absolute Gasteiger partial charge is 0.463 e. The van der Waals surface area contributed by atoms with E-state index in [1.807, 2.05) is 13.8 Å². The molecule has 0 radical (unpaired) electrons. The Morgan fingerprint density at radius 1 is 1.25 bits per heavy atom. The second-order valence-electron chi connectivity index (χ2n) is 5.50. The Labute approximate surface area is 119 Å². The van der Waals surface area contributed by atoms with Gasteiger partial charge in [-0.05, 0) is 44.4 Å². The number of rotatable bonds is 6. The molecule has 0 amide bonds. The summed E-state index contributed by atoms with van der Waals surface area (Å²) in [7, 11) is 0. The monoisotopic (exact) mass is 280 g/mol. The van der Waals surface area contributed by atoms with Crippen molar-refractivity contribution in [1.29, 1.82) is 0 Å². The molecule has 1 aromatic carbocycles. The summed E-state index contributed by atoms with van der Waals surface area (Å²) in [6.07, 6.45) is 2.66. The van der Waals surface area contributed by atoms with Gasteiger partial charge in [-0.25, -0.2) is 4.39 Å². The molecule has 0 saturated heterocycles. The van der Waals surface area contributed by atoms with E-state index in [0.29, 0.717) is 6.61 Å². The smallest absolute Gasteiger partial charge is 0.316 e. The summed E-state index contributed by atoms with van der Waals surface area (Å²) in [6.45, 7) is 4.55. The van der Waals surface area contributed by atoms with E-state index < -0.39 is 5.41 Å². The molecule has 0 atom stereocenters. The lowest BCUT2D eigenvalue weighted by atomic mass is 9.64. The number of benzene rings is 1. The quantitative estimate of drug-likeness (QED) is 0.593. The van der Waals surface area contributed by atoms with Gasteiger partial charge in [-0.2, -0.15) is 0 Å². The van der Waals surface area contributed by atoms with Crippen molar-refractivity contribution in [3.63, 3.8) is 0 Å². The molecule has 0 heterocycles. The Balaban J connectivity index is 1.96. The third-order valence-electron chi connectivity index (χ3n) is 3.76. The second kappa shape index (κ2) is 6.35. The van der Waals surface area contributed by atoms with Crippen LogP contribution in [-0.2, 0) is 19.7 Å². The fourth-order valence-corrected chi connectivity index (χ4v) is 2.47. The number of esters is 1. The number of halogens is 1. The minimum atomic E-state index is -0.578. The molecule has 20 heavy (non-hydrogen) atoms. The topological polar surface area (TPSA) is 35.5 Å². The number of carbonyl (C=O) groups excluding carboxylic acids is 1. The molecule has 2 rings (SSSR count). The predicted molar refractivity (Wildman–Crippen MR) is 74.0 cm³/mol. The second-order valence-corrected chi connectivity index (χ2v) is 5.50. The molecule has 0 spiro atoms. The summed E-state index contributed by atoms with van der Waals surface area (Å²) in [5.74, 6) is -0.510. The van der Waals surface area contributed by atoms with Crippen molar-refractivity contribution in [2.24, 2.45) is 0 Å². The van der Waals surface area contributed by atoms with Crippen LogP contribution in [0.1, 0.15) is 38.7 Å². The summed E-state index contributed by atoms with van der Waals surface area (Å²) >= 11 is 0. The lowest BCUT2D eigenvalue weighted by molar-refractivity contribution is -0.156. The summed E-state index contributed by atoms with van der Waals surface area (Å²) in [5, 5.41) is 0. The molecule has 4 heteroatoms. The zero-order valence-corrected chi connectivity index (χ0v) is 12.0. The third kappa shape index (κ3) is 3.18. The fourth-order valence-electron chi connectivity index (χ4n) is 2.47. The molecular formula is C16H21FO3. The minimum Gasteiger partial charge on any atom is -0.463 e. The van der Waals surface area contributed by atoms with Gasteiger partial charge in [0.05, 0.1) is 18.1 Å². The molecule has 3 nitrogen and oxygen atoms in total. The van der Waals surface area contributed by atoms with Crippen molar-refractivity contribution in [2.45, 2.75) is 44.6 Å². The number of hydrogen-bond acceptors (Lipinski definition) is 3. The van der Waals surface area contributed by atoms with E-state index in [9.17, 15) is 9.18 Å². The maximum Gasteiger partial charge on any atom is 0.316 e. The first kappa shape index (κ1) is 15.0. The average Bonchev–Trinajstić information content (AvgIpc) is 2.35. The van der Waals surface area contributed by atoms with Crippen LogP contribution in [0.5, 0.6) is 0 Å². The summed E-state index contributed by atoms with van der Waals surface area (Å²) in [5.41, 5.74) is 0.269. The Morgan fingerprint density at radius 3 is 2.40 bits per heavy atom. The first-order valence-electron chi connectivity index (χ1n) is 7.09. The van der Waals surface area contributed by atoms with E-state index >= 15 is 0 Å². The zero-order valence-electron chi connectivity index (χ0n) is 12.0. The molecule has 0 bridgehead atoms. The minimum absolute atomic E-state index is 0.128. The fraction of sp³-hybridized carbons (Fsp3) is 0.562. The highest BCUT2D eigenvalue weighted by Gasteiger charge is 2.47. The Bertz CT molecular complexity index is 449. The highest BCUT2D eigenvalue weighted by molar-refractivity contribution is 5.84. The van der Waals surface area contributed by atoms with Gasteiger partial charge in [0.15, 0.2) is 0 Å². The van der Waals surface area contributed by atoms with Gasteiger partial charge in [0.25, 0.3) is 0 Å². The first-order chi connectivity index (χ1) is 9.54. The average molecular weight is 280 g/mol. The molecule has 0 aromatic heterocycles. The van der Waals surface area contributed by atoms with Gasteiger partial charge in [0.2, 0.25) is 0 Å². The van der Waals surface area contributed by atoms with Crippen molar-refractivity contribution >= 4 is 5.97 Å². The van der Waals surface area contributed by atoms with Gasteiger partial charge in [-0.3, -0.25) is 4.79 Å². The summed E-state index contributed by atoms with van der Waals surface area (Å²) < 4.78 is 23.7. The van der Waals surface area contributed by atoms with Gasteiger partial charge < -0.3 is 9.47 Å². The van der Waals surface area contributed by atoms with Gasteiger partial charge in [0.1, 0.15) is 12.4 Å². The Kier molecular flexibility index (Phi) is 4.76. The maximum absolute atomic E-state index is 13.0.